The predicted molar refractivity (Wildman–Crippen MR) is 130 cm³/mol. The van der Waals surface area contributed by atoms with Gasteiger partial charge in [-0.3, -0.25) is 4.79 Å². The van der Waals surface area contributed by atoms with Crippen LogP contribution in [0.3, 0.4) is 0 Å². The van der Waals surface area contributed by atoms with Crippen molar-refractivity contribution >= 4 is 12.0 Å². The lowest BCUT2D eigenvalue weighted by atomic mass is 10.0. The van der Waals surface area contributed by atoms with E-state index in [-0.39, 0.29) is 12.5 Å². The molecule has 0 bridgehead atoms. The minimum Gasteiger partial charge on any atom is -0.494 e. The molecule has 0 atom stereocenters. The Hall–Kier alpha value is -2.28. The van der Waals surface area contributed by atoms with Crippen molar-refractivity contribution in [2.75, 3.05) is 52.9 Å². The lowest BCUT2D eigenvalue weighted by molar-refractivity contribution is -0.132. The number of fused-ring (bicyclic) bond motifs is 1. The summed E-state index contributed by atoms with van der Waals surface area (Å²) in [5.41, 5.74) is 1.94. The first-order chi connectivity index (χ1) is 15.7. The molecule has 2 amide bonds. The molecule has 2 aliphatic rings. The third-order valence-corrected chi connectivity index (χ3v) is 6.25. The summed E-state index contributed by atoms with van der Waals surface area (Å²) < 4.78 is 11.4. The number of likely N-dealkylation sites (tertiary alicyclic amines) is 1. The molecule has 2 heterocycles. The zero-order valence-electron chi connectivity index (χ0n) is 20.9. The lowest BCUT2D eigenvalue weighted by Crippen LogP contribution is -2.43. The Morgan fingerprint density at radius 1 is 1.00 bits per heavy atom. The molecule has 1 saturated heterocycles. The first-order valence-corrected chi connectivity index (χ1v) is 12.4. The van der Waals surface area contributed by atoms with E-state index in [1.54, 1.807) is 7.05 Å². The van der Waals surface area contributed by atoms with Crippen LogP contribution in [0.25, 0.3) is 0 Å². The number of likely N-dealkylation sites (N-methyl/N-ethyl adjacent to an activating group) is 1. The molecule has 3 rings (SSSR count). The third kappa shape index (κ3) is 8.22. The molecule has 0 N–H and O–H groups in total. The zero-order chi connectivity index (χ0) is 23.8. The van der Waals surface area contributed by atoms with Crippen LogP contribution < -0.4 is 4.74 Å². The molecule has 0 saturated carbocycles. The van der Waals surface area contributed by atoms with Crippen molar-refractivity contribution in [3.8, 4) is 5.75 Å². The molecule has 7 heteroatoms. The maximum absolute atomic E-state index is 12.8. The SMILES string of the molecule is CN(CC(=O)N1CCc2ccc(OCCCN3CCCCC3)cc2CC1)C(=O)OC(C)(C)C. The number of piperidine rings is 1. The summed E-state index contributed by atoms with van der Waals surface area (Å²) >= 11 is 0. The molecular weight excluding hydrogens is 418 g/mol. The number of hydrogen-bond donors (Lipinski definition) is 0. The van der Waals surface area contributed by atoms with Gasteiger partial charge in [-0.1, -0.05) is 12.5 Å². The number of carbonyl (C=O) groups is 2. The molecule has 0 aromatic heterocycles. The number of amides is 2. The second kappa shape index (κ2) is 11.7. The Labute approximate surface area is 199 Å². The first kappa shape index (κ1) is 25.3. The molecule has 1 aromatic rings. The highest BCUT2D eigenvalue weighted by atomic mass is 16.6. The van der Waals surface area contributed by atoms with E-state index < -0.39 is 11.7 Å². The summed E-state index contributed by atoms with van der Waals surface area (Å²) in [7, 11) is 1.60. The van der Waals surface area contributed by atoms with Crippen LogP contribution in [0.4, 0.5) is 4.79 Å². The number of carbonyl (C=O) groups excluding carboxylic acids is 2. The lowest BCUT2D eigenvalue weighted by Gasteiger charge is -2.27. The Kier molecular flexibility index (Phi) is 9.01. The highest BCUT2D eigenvalue weighted by Crippen LogP contribution is 2.22. The predicted octanol–water partition coefficient (Wildman–Crippen LogP) is 3.74. The summed E-state index contributed by atoms with van der Waals surface area (Å²) in [4.78, 5) is 30.7. The molecule has 0 aliphatic carbocycles. The van der Waals surface area contributed by atoms with E-state index in [1.807, 2.05) is 31.7 Å². The number of rotatable bonds is 7. The van der Waals surface area contributed by atoms with Crippen molar-refractivity contribution in [2.24, 2.45) is 0 Å². The molecule has 7 nitrogen and oxygen atoms in total. The van der Waals surface area contributed by atoms with Crippen molar-refractivity contribution in [2.45, 2.75) is 64.9 Å². The molecular formula is C26H41N3O4. The van der Waals surface area contributed by atoms with Crippen LogP contribution >= 0.6 is 0 Å². The van der Waals surface area contributed by atoms with Gasteiger partial charge in [-0.2, -0.15) is 0 Å². The van der Waals surface area contributed by atoms with Gasteiger partial charge in [0.25, 0.3) is 0 Å². The van der Waals surface area contributed by atoms with E-state index in [4.69, 9.17) is 9.47 Å². The molecule has 2 aliphatic heterocycles. The van der Waals surface area contributed by atoms with E-state index in [0.717, 1.165) is 38.2 Å². The number of benzene rings is 1. The summed E-state index contributed by atoms with van der Waals surface area (Å²) in [6.45, 7) is 11.1. The number of nitrogens with zero attached hydrogens (tertiary/aromatic N) is 3. The second-order valence-corrected chi connectivity index (χ2v) is 10.3. The molecule has 0 unspecified atom stereocenters. The third-order valence-electron chi connectivity index (χ3n) is 6.25. The van der Waals surface area contributed by atoms with Gasteiger partial charge in [0, 0.05) is 26.7 Å². The van der Waals surface area contributed by atoms with Crippen LogP contribution in [0, 0.1) is 0 Å². The minimum atomic E-state index is -0.577. The fourth-order valence-corrected chi connectivity index (χ4v) is 4.41. The standard InChI is InChI=1S/C26H41N3O4/c1-26(2,3)33-25(31)27(4)20-24(30)29-16-11-21-9-10-23(19-22(21)12-17-29)32-18-8-15-28-13-6-5-7-14-28/h9-10,19H,5-8,11-18,20H2,1-4H3. The van der Waals surface area contributed by atoms with Gasteiger partial charge in [0.05, 0.1) is 6.61 Å². The van der Waals surface area contributed by atoms with E-state index in [1.165, 1.54) is 48.4 Å². The summed E-state index contributed by atoms with van der Waals surface area (Å²) in [5, 5.41) is 0. The van der Waals surface area contributed by atoms with Gasteiger partial charge in [0.1, 0.15) is 17.9 Å². The molecule has 1 aromatic carbocycles. The number of ether oxygens (including phenoxy) is 2. The Balaban J connectivity index is 1.45. The van der Waals surface area contributed by atoms with Crippen LogP contribution in [0.15, 0.2) is 18.2 Å². The van der Waals surface area contributed by atoms with Crippen molar-refractivity contribution < 1.29 is 19.1 Å². The van der Waals surface area contributed by atoms with Crippen molar-refractivity contribution in [3.63, 3.8) is 0 Å². The van der Waals surface area contributed by atoms with E-state index in [9.17, 15) is 9.59 Å². The van der Waals surface area contributed by atoms with E-state index >= 15 is 0 Å². The normalized spacial score (nSPS) is 17.2. The van der Waals surface area contributed by atoms with Crippen LogP contribution in [0.2, 0.25) is 0 Å². The first-order valence-electron chi connectivity index (χ1n) is 12.4. The molecule has 184 valence electrons. The van der Waals surface area contributed by atoms with Crippen molar-refractivity contribution in [1.29, 1.82) is 0 Å². The van der Waals surface area contributed by atoms with Gasteiger partial charge in [-0.05, 0) is 89.2 Å². The summed E-state index contributed by atoms with van der Waals surface area (Å²) in [6.07, 6.45) is 6.19. The highest BCUT2D eigenvalue weighted by Gasteiger charge is 2.24. The van der Waals surface area contributed by atoms with Crippen molar-refractivity contribution in [1.82, 2.24) is 14.7 Å². The van der Waals surface area contributed by atoms with Gasteiger partial charge < -0.3 is 24.2 Å². The monoisotopic (exact) mass is 459 g/mol. The minimum absolute atomic E-state index is 0.0244. The summed E-state index contributed by atoms with van der Waals surface area (Å²) in [5.74, 6) is 0.863. The fraction of sp³-hybridized carbons (Fsp3) is 0.692. The van der Waals surface area contributed by atoms with Crippen LogP contribution in [0.5, 0.6) is 5.75 Å². The van der Waals surface area contributed by atoms with Crippen LogP contribution in [-0.2, 0) is 22.4 Å². The molecule has 33 heavy (non-hydrogen) atoms. The quantitative estimate of drug-likeness (QED) is 0.582. The van der Waals surface area contributed by atoms with Crippen molar-refractivity contribution in [3.05, 3.63) is 29.3 Å². The van der Waals surface area contributed by atoms with E-state index in [2.05, 4.69) is 17.0 Å². The van der Waals surface area contributed by atoms with E-state index in [0.29, 0.717) is 13.1 Å². The number of hydrogen-bond acceptors (Lipinski definition) is 5. The topological polar surface area (TPSA) is 62.3 Å². The van der Waals surface area contributed by atoms with Gasteiger partial charge in [0.2, 0.25) is 5.91 Å². The zero-order valence-corrected chi connectivity index (χ0v) is 20.9. The smallest absolute Gasteiger partial charge is 0.410 e. The fourth-order valence-electron chi connectivity index (χ4n) is 4.41. The second-order valence-electron chi connectivity index (χ2n) is 10.3. The largest absolute Gasteiger partial charge is 0.494 e. The molecule has 1 fully saturated rings. The Bertz CT molecular complexity index is 799. The van der Waals surface area contributed by atoms with Gasteiger partial charge in [0.15, 0.2) is 0 Å². The van der Waals surface area contributed by atoms with Gasteiger partial charge in [-0.25, -0.2) is 4.79 Å². The summed E-state index contributed by atoms with van der Waals surface area (Å²) in [6, 6.07) is 6.32. The van der Waals surface area contributed by atoms with Crippen LogP contribution in [-0.4, -0.2) is 85.2 Å². The average Bonchev–Trinajstić information content (AvgIpc) is 2.98. The van der Waals surface area contributed by atoms with Crippen LogP contribution in [0.1, 0.15) is 57.6 Å². The maximum Gasteiger partial charge on any atom is 0.410 e. The average molecular weight is 460 g/mol. The Morgan fingerprint density at radius 3 is 2.39 bits per heavy atom. The maximum atomic E-state index is 12.8. The molecule has 0 radical (unpaired) electrons. The highest BCUT2D eigenvalue weighted by molar-refractivity contribution is 5.82. The Morgan fingerprint density at radius 2 is 1.70 bits per heavy atom. The molecule has 0 spiro atoms. The van der Waals surface area contributed by atoms with Gasteiger partial charge in [-0.15, -0.1) is 0 Å². The van der Waals surface area contributed by atoms with Gasteiger partial charge >= 0.3 is 6.09 Å².